The number of benzene rings is 4. The van der Waals surface area contributed by atoms with Gasteiger partial charge in [-0.05, 0) is 29.3 Å². The molecule has 43 heavy (non-hydrogen) atoms. The van der Waals surface area contributed by atoms with Crippen LogP contribution in [-0.4, -0.2) is 29.2 Å². The van der Waals surface area contributed by atoms with E-state index in [1.807, 2.05) is 66.1 Å². The van der Waals surface area contributed by atoms with Crippen LogP contribution in [0, 0.1) is 10.1 Å². The third-order valence-electron chi connectivity index (χ3n) is 6.56. The van der Waals surface area contributed by atoms with E-state index >= 15 is 0 Å². The van der Waals surface area contributed by atoms with Crippen molar-refractivity contribution < 1.29 is 10.1 Å². The van der Waals surface area contributed by atoms with Gasteiger partial charge in [0.1, 0.15) is 10.5 Å². The first kappa shape index (κ1) is 29.4. The molecule has 4 aromatic carbocycles. The zero-order valence-electron chi connectivity index (χ0n) is 22.2. The number of nitro benzene ring substituents is 1. The van der Waals surface area contributed by atoms with E-state index in [0.29, 0.717) is 29.7 Å². The van der Waals surface area contributed by atoms with Gasteiger partial charge < -0.3 is 0 Å². The van der Waals surface area contributed by atoms with Crippen molar-refractivity contribution in [2.45, 2.75) is 13.1 Å². The second-order valence-electron chi connectivity index (χ2n) is 9.31. The Bertz CT molecular complexity index is 2070. The van der Waals surface area contributed by atoms with Gasteiger partial charge in [0.05, 0.1) is 57.7 Å². The highest BCUT2D eigenvalue weighted by atomic mass is 35.5. The Labute approximate surface area is 253 Å². The lowest BCUT2D eigenvalue weighted by molar-refractivity contribution is -0.384. The predicted octanol–water partition coefficient (Wildman–Crippen LogP) is 5.91. The second-order valence-corrected chi connectivity index (χ2v) is 10.1. The van der Waals surface area contributed by atoms with E-state index in [2.05, 4.69) is 9.97 Å². The highest BCUT2D eigenvalue weighted by molar-refractivity contribution is 6.37. The molecule has 216 valence electrons. The number of hydrogen-bond donors (Lipinski definition) is 2. The molecule has 0 aliphatic heterocycles. The van der Waals surface area contributed by atoms with Gasteiger partial charge >= 0.3 is 0 Å². The molecule has 11 nitrogen and oxygen atoms in total. The first-order chi connectivity index (χ1) is 20.8. The number of hydrogen-bond acceptors (Lipinski definition) is 8. The molecular weight excluding hydrogens is 595 g/mol. The summed E-state index contributed by atoms with van der Waals surface area (Å²) in [5, 5.41) is 20.6. The Kier molecular flexibility index (Phi) is 8.77. The normalized spacial score (nSPS) is 10.8. The number of halogens is 2. The molecule has 0 unspecified atom stereocenters. The maximum Gasteiger partial charge on any atom is 0.290 e. The number of rotatable bonds is 6. The monoisotopic (exact) mass is 616 g/mol. The molecule has 2 N–H and O–H groups in total. The van der Waals surface area contributed by atoms with Crippen molar-refractivity contribution in [3.05, 3.63) is 150 Å². The fourth-order valence-electron chi connectivity index (χ4n) is 4.40. The summed E-state index contributed by atoms with van der Waals surface area (Å²) in [7, 11) is 0. The van der Waals surface area contributed by atoms with Gasteiger partial charge in [-0.3, -0.25) is 39.5 Å². The van der Waals surface area contributed by atoms with Crippen molar-refractivity contribution in [3.8, 4) is 0 Å². The fraction of sp³-hybridized carbons (Fsp3) is 0.0667. The molecule has 0 aliphatic carbocycles. The van der Waals surface area contributed by atoms with Crippen molar-refractivity contribution in [1.82, 2.24) is 19.1 Å². The maximum absolute atomic E-state index is 12.5. The molecular formula is C30H22Cl2N6O5. The summed E-state index contributed by atoms with van der Waals surface area (Å²) in [5.74, 6) is 0. The highest BCUT2D eigenvalue weighted by Gasteiger charge is 2.18. The fourth-order valence-corrected chi connectivity index (χ4v) is 4.94. The van der Waals surface area contributed by atoms with Gasteiger partial charge in [-0.25, -0.2) is 9.97 Å². The summed E-state index contributed by atoms with van der Waals surface area (Å²) >= 11 is 12.1. The van der Waals surface area contributed by atoms with E-state index in [0.717, 1.165) is 11.1 Å². The molecule has 0 fully saturated rings. The smallest absolute Gasteiger partial charge is 0.290 e. The largest absolute Gasteiger partial charge is 0.294 e. The molecule has 0 aliphatic rings. The minimum atomic E-state index is -0.598. The third-order valence-corrected chi connectivity index (χ3v) is 7.31. The Morgan fingerprint density at radius 3 is 1.65 bits per heavy atom. The molecule has 0 atom stereocenters. The summed E-state index contributed by atoms with van der Waals surface area (Å²) in [5.41, 5.74) is 4.06. The van der Waals surface area contributed by atoms with E-state index in [-0.39, 0.29) is 37.8 Å². The third kappa shape index (κ3) is 6.24. The number of nitro groups is 1. The zero-order chi connectivity index (χ0) is 30.5. The molecule has 6 rings (SSSR count). The van der Waals surface area contributed by atoms with Crippen LogP contribution in [0.25, 0.3) is 21.8 Å². The number of nitrogens with one attached hydrogen (secondary N) is 1. The molecule has 0 amide bonds. The van der Waals surface area contributed by atoms with Crippen molar-refractivity contribution >= 4 is 56.4 Å². The van der Waals surface area contributed by atoms with Crippen LogP contribution in [0.15, 0.2) is 107 Å². The zero-order valence-corrected chi connectivity index (χ0v) is 23.7. The lowest BCUT2D eigenvalue weighted by atomic mass is 10.2. The van der Waals surface area contributed by atoms with Gasteiger partial charge in [0, 0.05) is 6.07 Å². The van der Waals surface area contributed by atoms with E-state index in [1.165, 1.54) is 33.9 Å². The van der Waals surface area contributed by atoms with Crippen molar-refractivity contribution in [1.29, 1.82) is 0 Å². The molecule has 6 aromatic rings. The van der Waals surface area contributed by atoms with Crippen LogP contribution in [0.1, 0.15) is 11.1 Å². The molecule has 0 bridgehead atoms. The van der Waals surface area contributed by atoms with E-state index in [4.69, 9.17) is 28.4 Å². The van der Waals surface area contributed by atoms with Crippen molar-refractivity contribution in [2.24, 2.45) is 0 Å². The minimum absolute atomic E-state index is 0.119. The van der Waals surface area contributed by atoms with Gasteiger partial charge in [0.25, 0.3) is 16.8 Å². The van der Waals surface area contributed by atoms with Gasteiger partial charge in [-0.2, -0.15) is 0 Å². The van der Waals surface area contributed by atoms with Crippen LogP contribution in [0.5, 0.6) is 0 Å². The average molecular weight is 617 g/mol. The molecule has 13 heteroatoms. The van der Waals surface area contributed by atoms with Gasteiger partial charge in [0.2, 0.25) is 0 Å². The Hall–Kier alpha value is -5.10. The summed E-state index contributed by atoms with van der Waals surface area (Å²) in [6.45, 7) is 0.817. The van der Waals surface area contributed by atoms with Gasteiger partial charge in [-0.1, -0.05) is 83.9 Å². The maximum atomic E-state index is 12.5. The standard InChI is InChI=1S/C15H10ClN3O3.C15H12ClN3O2/c16-13-12(19(21)22)7-6-11-14(13)17-9-18(15(11)20)8-10-4-2-1-3-5-10;16-13-12(18-21)7-6-11-14(13)17-9-19(15(11)20)8-10-4-2-1-3-5-10/h1-7,9H,8H2;1-7,9,18,21H,8H2. The van der Waals surface area contributed by atoms with Crippen LogP contribution in [0.2, 0.25) is 10.0 Å². The molecule has 0 saturated carbocycles. The summed E-state index contributed by atoms with van der Waals surface area (Å²) < 4.78 is 2.97. The SMILES string of the molecule is O=c1c2ccc(NO)c(Cl)c2ncn1Cc1ccccc1.O=c1c2ccc([N+](=O)[O-])c(Cl)c2ncn1Cc1ccccc1. The lowest BCUT2D eigenvalue weighted by Crippen LogP contribution is -2.21. The second kappa shape index (κ2) is 12.8. The molecule has 0 saturated heterocycles. The van der Waals surface area contributed by atoms with Crippen molar-refractivity contribution in [3.63, 3.8) is 0 Å². The van der Waals surface area contributed by atoms with Gasteiger partial charge in [0.15, 0.2) is 0 Å². The van der Waals surface area contributed by atoms with Crippen LogP contribution in [0.4, 0.5) is 11.4 Å². The lowest BCUT2D eigenvalue weighted by Gasteiger charge is -2.09. The van der Waals surface area contributed by atoms with Crippen LogP contribution in [-0.2, 0) is 13.1 Å². The summed E-state index contributed by atoms with van der Waals surface area (Å²) in [4.78, 5) is 43.5. The Morgan fingerprint density at radius 2 is 1.19 bits per heavy atom. The minimum Gasteiger partial charge on any atom is -0.294 e. The number of fused-ring (bicyclic) bond motifs is 2. The number of anilines is 1. The number of aromatic nitrogens is 4. The molecule has 2 heterocycles. The molecule has 0 spiro atoms. The average Bonchev–Trinajstić information content (AvgIpc) is 3.02. The predicted molar refractivity (Wildman–Crippen MR) is 165 cm³/mol. The summed E-state index contributed by atoms with van der Waals surface area (Å²) in [6, 6.07) is 24.9. The molecule has 0 radical (unpaired) electrons. The Balaban J connectivity index is 0.000000171. The van der Waals surface area contributed by atoms with E-state index in [1.54, 1.807) is 12.1 Å². The first-order valence-corrected chi connectivity index (χ1v) is 13.5. The van der Waals surface area contributed by atoms with Crippen LogP contribution >= 0.6 is 23.2 Å². The van der Waals surface area contributed by atoms with E-state index in [9.17, 15) is 19.7 Å². The quantitative estimate of drug-likeness (QED) is 0.174. The van der Waals surface area contributed by atoms with Crippen LogP contribution in [0.3, 0.4) is 0 Å². The van der Waals surface area contributed by atoms with Crippen LogP contribution < -0.4 is 16.6 Å². The van der Waals surface area contributed by atoms with E-state index < -0.39 is 4.92 Å². The van der Waals surface area contributed by atoms with Crippen molar-refractivity contribution in [2.75, 3.05) is 5.48 Å². The highest BCUT2D eigenvalue weighted by Crippen LogP contribution is 2.30. The topological polar surface area (TPSA) is 145 Å². The summed E-state index contributed by atoms with van der Waals surface area (Å²) in [6.07, 6.45) is 2.82. The van der Waals surface area contributed by atoms with Gasteiger partial charge in [-0.15, -0.1) is 0 Å². The number of nitrogens with zero attached hydrogens (tertiary/aromatic N) is 5. The molecule has 2 aromatic heterocycles. The first-order valence-electron chi connectivity index (χ1n) is 12.8. The Morgan fingerprint density at radius 1 is 0.721 bits per heavy atom.